The number of hydrogen-bond acceptors (Lipinski definition) is 6. The van der Waals surface area contributed by atoms with Crippen LogP contribution in [-0.4, -0.2) is 54.2 Å². The lowest BCUT2D eigenvalue weighted by Crippen LogP contribution is -2.36. The van der Waals surface area contributed by atoms with E-state index in [9.17, 15) is 19.5 Å². The number of rotatable bonds is 38. The van der Waals surface area contributed by atoms with Crippen molar-refractivity contribution in [3.05, 3.63) is 59.7 Å². The molecule has 7 heteroatoms. The normalized spacial score (nSPS) is 12.2. The Labute approximate surface area is 337 Å². The van der Waals surface area contributed by atoms with Crippen LogP contribution in [0.1, 0.15) is 210 Å². The number of unbranched alkanes of at least 4 members (excludes halogenated alkanes) is 22. The minimum Gasteiger partial charge on any atom is -0.478 e. The number of carbonyl (C=O) groups is 3. The molecule has 314 valence electrons. The van der Waals surface area contributed by atoms with Gasteiger partial charge in [0.1, 0.15) is 12.7 Å². The Morgan fingerprint density at radius 3 is 1.42 bits per heavy atom. The predicted octanol–water partition coefficient (Wildman–Crippen LogP) is 13.3. The van der Waals surface area contributed by atoms with E-state index in [0.29, 0.717) is 25.9 Å². The smallest absolute Gasteiger partial charge is 0.335 e. The van der Waals surface area contributed by atoms with Gasteiger partial charge in [-0.05, 0) is 89.0 Å². The van der Waals surface area contributed by atoms with Crippen molar-refractivity contribution in [2.75, 3.05) is 20.2 Å². The van der Waals surface area contributed by atoms with E-state index >= 15 is 0 Å². The van der Waals surface area contributed by atoms with Gasteiger partial charge in [-0.3, -0.25) is 14.5 Å². The molecule has 1 N–H and O–H groups in total. The Morgan fingerprint density at radius 2 is 0.982 bits per heavy atom. The second kappa shape index (κ2) is 36.7. The van der Waals surface area contributed by atoms with Crippen LogP contribution in [-0.2, 0) is 25.6 Å². The monoisotopic (exact) mass is 768 g/mol. The Balaban J connectivity index is 2.34. The molecule has 0 saturated carbocycles. The van der Waals surface area contributed by atoms with Crippen molar-refractivity contribution in [1.82, 2.24) is 4.90 Å². The van der Waals surface area contributed by atoms with Gasteiger partial charge in [0.05, 0.1) is 5.56 Å². The zero-order valence-corrected chi connectivity index (χ0v) is 35.6. The molecule has 55 heavy (non-hydrogen) atoms. The Morgan fingerprint density at radius 1 is 0.582 bits per heavy atom. The van der Waals surface area contributed by atoms with Gasteiger partial charge in [-0.1, -0.05) is 153 Å². The van der Waals surface area contributed by atoms with Gasteiger partial charge in [0, 0.05) is 25.9 Å². The summed E-state index contributed by atoms with van der Waals surface area (Å²) in [4.78, 5) is 38.7. The first-order valence-electron chi connectivity index (χ1n) is 22.5. The molecule has 0 radical (unpaired) electrons. The van der Waals surface area contributed by atoms with Gasteiger partial charge in [0.2, 0.25) is 0 Å². The van der Waals surface area contributed by atoms with Crippen molar-refractivity contribution in [2.45, 2.75) is 206 Å². The van der Waals surface area contributed by atoms with Crippen LogP contribution in [0, 0.1) is 0 Å². The van der Waals surface area contributed by atoms with E-state index in [1.54, 1.807) is 24.3 Å². The van der Waals surface area contributed by atoms with Crippen LogP contribution in [0.5, 0.6) is 0 Å². The van der Waals surface area contributed by atoms with Gasteiger partial charge in [-0.15, -0.1) is 0 Å². The molecule has 0 aliphatic rings. The molecule has 0 bridgehead atoms. The maximum atomic E-state index is 12.9. The molecule has 0 aliphatic heterocycles. The third kappa shape index (κ3) is 31.9. The number of carboxylic acid groups (broad SMARTS) is 1. The van der Waals surface area contributed by atoms with E-state index in [-0.39, 0.29) is 24.1 Å². The molecule has 1 unspecified atom stereocenters. The number of hydrogen-bond donors (Lipinski definition) is 1. The molecule has 1 rings (SSSR count). The highest BCUT2D eigenvalue weighted by Gasteiger charge is 2.19. The van der Waals surface area contributed by atoms with E-state index < -0.39 is 12.1 Å². The molecule has 0 amide bonds. The van der Waals surface area contributed by atoms with Crippen molar-refractivity contribution >= 4 is 17.9 Å². The van der Waals surface area contributed by atoms with Gasteiger partial charge in [0.25, 0.3) is 0 Å². The second-order valence-corrected chi connectivity index (χ2v) is 15.7. The fourth-order valence-corrected chi connectivity index (χ4v) is 6.78. The highest BCUT2D eigenvalue weighted by molar-refractivity contribution is 5.87. The molecule has 0 aromatic heterocycles. The highest BCUT2D eigenvalue weighted by atomic mass is 16.6. The third-order valence-corrected chi connectivity index (χ3v) is 10.2. The number of benzene rings is 1. The van der Waals surface area contributed by atoms with E-state index in [4.69, 9.17) is 9.47 Å². The zero-order valence-electron chi connectivity index (χ0n) is 35.6. The predicted molar refractivity (Wildman–Crippen MR) is 229 cm³/mol. The summed E-state index contributed by atoms with van der Waals surface area (Å²) in [6.45, 7) is 5.50. The topological polar surface area (TPSA) is 93.1 Å². The second-order valence-electron chi connectivity index (χ2n) is 15.7. The number of carboxylic acids is 1. The summed E-state index contributed by atoms with van der Waals surface area (Å²) in [5, 5.41) is 9.21. The van der Waals surface area contributed by atoms with Gasteiger partial charge >= 0.3 is 17.9 Å². The molecular weight excluding hydrogens is 687 g/mol. The van der Waals surface area contributed by atoms with Gasteiger partial charge in [-0.2, -0.15) is 0 Å². The van der Waals surface area contributed by atoms with Gasteiger partial charge in [0.15, 0.2) is 0 Å². The fourth-order valence-electron chi connectivity index (χ4n) is 6.78. The van der Waals surface area contributed by atoms with Crippen LogP contribution in [0.4, 0.5) is 0 Å². The molecule has 0 fully saturated rings. The quantitative estimate of drug-likeness (QED) is 0.0407. The number of esters is 2. The number of ether oxygens (including phenoxy) is 2. The van der Waals surface area contributed by atoms with Crippen LogP contribution in [0.2, 0.25) is 0 Å². The average molecular weight is 768 g/mol. The molecule has 1 aromatic rings. The Hall–Kier alpha value is -2.93. The van der Waals surface area contributed by atoms with Crippen LogP contribution >= 0.6 is 0 Å². The third-order valence-electron chi connectivity index (χ3n) is 10.2. The number of nitrogens with zero attached hydrogens (tertiary/aromatic N) is 1. The summed E-state index contributed by atoms with van der Waals surface area (Å²) in [5.74, 6) is -1.46. The van der Waals surface area contributed by atoms with Gasteiger partial charge in [-0.25, -0.2) is 4.79 Å². The summed E-state index contributed by atoms with van der Waals surface area (Å²) in [7, 11) is 1.92. The van der Waals surface area contributed by atoms with Crippen molar-refractivity contribution in [3.63, 3.8) is 0 Å². The molecule has 1 aromatic carbocycles. The van der Waals surface area contributed by atoms with Crippen molar-refractivity contribution in [2.24, 2.45) is 0 Å². The van der Waals surface area contributed by atoms with Crippen molar-refractivity contribution in [3.8, 4) is 0 Å². The summed E-state index contributed by atoms with van der Waals surface area (Å²) in [6, 6.07) is 6.77. The van der Waals surface area contributed by atoms with Crippen LogP contribution in [0.3, 0.4) is 0 Å². The first-order chi connectivity index (χ1) is 26.8. The number of allylic oxidation sites excluding steroid dienone is 4. The summed E-state index contributed by atoms with van der Waals surface area (Å²) < 4.78 is 11.5. The first kappa shape index (κ1) is 50.1. The number of likely N-dealkylation sites (N-methyl/N-ethyl adjacent to an activating group) is 1. The Bertz CT molecular complexity index is 1130. The summed E-state index contributed by atoms with van der Waals surface area (Å²) in [6.07, 6.45) is 40.8. The minimum atomic E-state index is -0.957. The van der Waals surface area contributed by atoms with Crippen molar-refractivity contribution in [1.29, 1.82) is 0 Å². The average Bonchev–Trinajstić information content (AvgIpc) is 3.17. The standard InChI is InChI=1S/C48H81NO6/c1-4-6-8-10-12-14-16-18-20-22-24-26-28-30-32-34-46(50)54-42-45(41-49(3)40-43-36-38-44(39-37-43)48(52)53)55-47(51)35-33-31-29-27-25-23-21-19-17-15-13-11-9-7-5-2/h18-21,36-39,45H,4-17,22-35,40-42H2,1-3H3,(H,52,53)/b20-18-,21-19-. The van der Waals surface area contributed by atoms with Crippen LogP contribution in [0.25, 0.3) is 0 Å². The molecule has 0 aliphatic carbocycles. The molecule has 0 heterocycles. The van der Waals surface area contributed by atoms with Gasteiger partial charge < -0.3 is 14.6 Å². The van der Waals surface area contributed by atoms with E-state index in [2.05, 4.69) is 38.2 Å². The zero-order chi connectivity index (χ0) is 40.0. The van der Waals surface area contributed by atoms with Crippen molar-refractivity contribution < 1.29 is 29.0 Å². The number of aromatic carboxylic acids is 1. The maximum absolute atomic E-state index is 12.9. The largest absolute Gasteiger partial charge is 0.478 e. The molecule has 0 saturated heterocycles. The Kier molecular flexibility index (Phi) is 33.4. The van der Waals surface area contributed by atoms with E-state index in [1.807, 2.05) is 11.9 Å². The number of carbonyl (C=O) groups excluding carboxylic acids is 2. The molecular formula is C48H81NO6. The SMILES string of the molecule is CCCCCCCC/C=C\CCCCCCCC(=O)OCC(CN(C)Cc1ccc(C(=O)O)cc1)OC(=O)CCCCCCC/C=C\CCCCCCCC. The summed E-state index contributed by atoms with van der Waals surface area (Å²) in [5.41, 5.74) is 1.19. The fraction of sp³-hybridized carbons (Fsp3) is 0.729. The lowest BCUT2D eigenvalue weighted by molar-refractivity contribution is -0.160. The lowest BCUT2D eigenvalue weighted by Gasteiger charge is -2.24. The summed E-state index contributed by atoms with van der Waals surface area (Å²) >= 11 is 0. The van der Waals surface area contributed by atoms with Crippen LogP contribution < -0.4 is 0 Å². The van der Waals surface area contributed by atoms with Crippen LogP contribution in [0.15, 0.2) is 48.6 Å². The lowest BCUT2D eigenvalue weighted by atomic mass is 10.1. The maximum Gasteiger partial charge on any atom is 0.335 e. The molecule has 1 atom stereocenters. The van der Waals surface area contributed by atoms with E-state index in [0.717, 1.165) is 56.9 Å². The molecule has 7 nitrogen and oxygen atoms in total. The molecule has 0 spiro atoms. The first-order valence-corrected chi connectivity index (χ1v) is 22.5. The minimum absolute atomic E-state index is 0.0321. The highest BCUT2D eigenvalue weighted by Crippen LogP contribution is 2.14. The van der Waals surface area contributed by atoms with E-state index in [1.165, 1.54) is 116 Å².